The fourth-order valence-electron chi connectivity index (χ4n) is 2.35. The van der Waals surface area contributed by atoms with Crippen LogP contribution >= 0.6 is 12.2 Å². The molecule has 0 spiro atoms. The highest BCUT2D eigenvalue weighted by molar-refractivity contribution is 7.80. The van der Waals surface area contributed by atoms with E-state index in [9.17, 15) is 22.4 Å². The fourth-order valence-corrected chi connectivity index (χ4v) is 2.59. The van der Waals surface area contributed by atoms with E-state index >= 15 is 0 Å². The monoisotopic (exact) mass is 320 g/mol. The van der Waals surface area contributed by atoms with Gasteiger partial charge in [0, 0.05) is 12.1 Å². The van der Waals surface area contributed by atoms with Crippen molar-refractivity contribution in [3.63, 3.8) is 0 Å². The number of nitrogens with two attached hydrogens (primary N) is 1. The van der Waals surface area contributed by atoms with Gasteiger partial charge in [-0.3, -0.25) is 4.79 Å². The Kier molecular flexibility index (Phi) is 4.18. The van der Waals surface area contributed by atoms with Gasteiger partial charge in [0.05, 0.1) is 16.6 Å². The van der Waals surface area contributed by atoms with Gasteiger partial charge in [-0.25, -0.2) is 4.39 Å². The second-order valence-corrected chi connectivity index (χ2v) is 5.22. The van der Waals surface area contributed by atoms with E-state index in [1.807, 2.05) is 0 Å². The summed E-state index contributed by atoms with van der Waals surface area (Å²) in [6.45, 7) is 0.361. The first-order chi connectivity index (χ1) is 9.71. The number of nitrogens with zero attached hydrogens (tertiary/aromatic N) is 1. The molecule has 1 unspecified atom stereocenters. The van der Waals surface area contributed by atoms with Crippen molar-refractivity contribution in [3.8, 4) is 0 Å². The molecule has 1 aliphatic heterocycles. The zero-order valence-corrected chi connectivity index (χ0v) is 11.6. The van der Waals surface area contributed by atoms with Gasteiger partial charge in [-0.05, 0) is 31.0 Å². The highest BCUT2D eigenvalue weighted by Crippen LogP contribution is 2.32. The molecule has 2 N–H and O–H groups in total. The van der Waals surface area contributed by atoms with Crippen molar-refractivity contribution in [2.45, 2.75) is 25.1 Å². The van der Waals surface area contributed by atoms with Gasteiger partial charge in [-0.2, -0.15) is 13.2 Å². The highest BCUT2D eigenvalue weighted by Gasteiger charge is 2.36. The Morgan fingerprint density at radius 1 is 1.38 bits per heavy atom. The number of benzene rings is 1. The summed E-state index contributed by atoms with van der Waals surface area (Å²) in [5, 5.41) is 0. The van der Waals surface area contributed by atoms with Gasteiger partial charge in [0.2, 0.25) is 0 Å². The molecular weight excluding hydrogens is 308 g/mol. The first kappa shape index (κ1) is 15.7. The molecule has 1 saturated heterocycles. The van der Waals surface area contributed by atoms with Crippen LogP contribution in [0.25, 0.3) is 0 Å². The minimum atomic E-state index is -4.85. The molecular formula is C13H12F4N2OS. The SMILES string of the molecule is NC(=S)C1CCCN1C(=O)c1ccc(F)c(C(F)(F)F)c1. The van der Waals surface area contributed by atoms with Crippen LogP contribution in [0.15, 0.2) is 18.2 Å². The number of alkyl halides is 3. The number of halogens is 4. The summed E-state index contributed by atoms with van der Waals surface area (Å²) in [4.78, 5) is 13.7. The number of hydrogen-bond acceptors (Lipinski definition) is 2. The number of rotatable bonds is 2. The van der Waals surface area contributed by atoms with Crippen molar-refractivity contribution >= 4 is 23.1 Å². The molecule has 1 aliphatic rings. The molecule has 1 amide bonds. The zero-order chi connectivity index (χ0) is 15.8. The predicted octanol–water partition coefficient (Wildman–Crippen LogP) is 2.74. The average Bonchev–Trinajstić information content (AvgIpc) is 2.86. The topological polar surface area (TPSA) is 46.3 Å². The normalized spacial score (nSPS) is 18.9. The smallest absolute Gasteiger partial charge is 0.392 e. The number of carbonyl (C=O) groups is 1. The van der Waals surface area contributed by atoms with Crippen LogP contribution < -0.4 is 5.73 Å². The van der Waals surface area contributed by atoms with Gasteiger partial charge in [0.15, 0.2) is 0 Å². The second-order valence-electron chi connectivity index (χ2n) is 4.75. The number of hydrogen-bond donors (Lipinski definition) is 1. The van der Waals surface area contributed by atoms with Crippen LogP contribution in [0, 0.1) is 5.82 Å². The van der Waals surface area contributed by atoms with Crippen LogP contribution in [-0.2, 0) is 6.18 Å². The third-order valence-corrected chi connectivity index (χ3v) is 3.63. The van der Waals surface area contributed by atoms with Crippen LogP contribution in [0.2, 0.25) is 0 Å². The largest absolute Gasteiger partial charge is 0.419 e. The quantitative estimate of drug-likeness (QED) is 0.673. The maximum absolute atomic E-state index is 13.2. The highest BCUT2D eigenvalue weighted by atomic mass is 32.1. The fraction of sp³-hybridized carbons (Fsp3) is 0.385. The summed E-state index contributed by atoms with van der Waals surface area (Å²) >= 11 is 4.85. The summed E-state index contributed by atoms with van der Waals surface area (Å²) in [5.41, 5.74) is 3.84. The van der Waals surface area contributed by atoms with E-state index in [4.69, 9.17) is 18.0 Å². The van der Waals surface area contributed by atoms with E-state index in [0.717, 1.165) is 6.07 Å². The summed E-state index contributed by atoms with van der Waals surface area (Å²) in [6, 6.07) is 1.72. The maximum Gasteiger partial charge on any atom is 0.419 e. The van der Waals surface area contributed by atoms with E-state index in [1.54, 1.807) is 0 Å². The van der Waals surface area contributed by atoms with Crippen molar-refractivity contribution < 1.29 is 22.4 Å². The van der Waals surface area contributed by atoms with E-state index in [-0.39, 0.29) is 10.6 Å². The number of carbonyl (C=O) groups excluding carboxylic acids is 1. The number of thiocarbonyl (C=S) groups is 1. The molecule has 0 radical (unpaired) electrons. The minimum Gasteiger partial charge on any atom is -0.392 e. The van der Waals surface area contributed by atoms with Gasteiger partial charge in [-0.1, -0.05) is 12.2 Å². The summed E-state index contributed by atoms with van der Waals surface area (Å²) in [5.74, 6) is -2.04. The Balaban J connectivity index is 2.34. The van der Waals surface area contributed by atoms with Gasteiger partial charge in [-0.15, -0.1) is 0 Å². The number of likely N-dealkylation sites (tertiary alicyclic amines) is 1. The van der Waals surface area contributed by atoms with Crippen LogP contribution in [0.1, 0.15) is 28.8 Å². The molecule has 0 saturated carbocycles. The summed E-state index contributed by atoms with van der Waals surface area (Å²) in [7, 11) is 0. The van der Waals surface area contributed by atoms with Gasteiger partial charge in [0.25, 0.3) is 5.91 Å². The summed E-state index contributed by atoms with van der Waals surface area (Å²) < 4.78 is 51.2. The summed E-state index contributed by atoms with van der Waals surface area (Å²) in [6.07, 6.45) is -3.61. The lowest BCUT2D eigenvalue weighted by Crippen LogP contribution is -2.42. The van der Waals surface area contributed by atoms with Crippen molar-refractivity contribution in [1.82, 2.24) is 4.90 Å². The second kappa shape index (κ2) is 5.59. The molecule has 1 heterocycles. The van der Waals surface area contributed by atoms with E-state index < -0.39 is 29.5 Å². The lowest BCUT2D eigenvalue weighted by molar-refractivity contribution is -0.140. The average molecular weight is 320 g/mol. The van der Waals surface area contributed by atoms with Crippen molar-refractivity contribution in [2.24, 2.45) is 5.73 Å². The Morgan fingerprint density at radius 2 is 2.05 bits per heavy atom. The van der Waals surface area contributed by atoms with Crippen LogP contribution in [0.3, 0.4) is 0 Å². The Morgan fingerprint density at radius 3 is 2.62 bits per heavy atom. The maximum atomic E-state index is 13.2. The van der Waals surface area contributed by atoms with Gasteiger partial charge < -0.3 is 10.6 Å². The third-order valence-electron chi connectivity index (χ3n) is 3.36. The molecule has 1 atom stereocenters. The molecule has 2 rings (SSSR count). The molecule has 3 nitrogen and oxygen atoms in total. The molecule has 1 aromatic rings. The molecule has 0 bridgehead atoms. The Hall–Kier alpha value is -1.70. The van der Waals surface area contributed by atoms with Crippen molar-refractivity contribution in [3.05, 3.63) is 35.1 Å². The molecule has 114 valence electrons. The van der Waals surface area contributed by atoms with Crippen LogP contribution in [0.4, 0.5) is 17.6 Å². The standard InChI is InChI=1S/C13H12F4N2OS/c14-9-4-3-7(6-8(9)13(15,16)17)12(20)19-5-1-2-10(19)11(18)21/h3-4,6,10H,1-2,5H2,(H2,18,21). The zero-order valence-electron chi connectivity index (χ0n) is 10.8. The predicted molar refractivity (Wildman–Crippen MR) is 72.2 cm³/mol. The first-order valence-electron chi connectivity index (χ1n) is 6.19. The van der Waals surface area contributed by atoms with Crippen LogP contribution in [0.5, 0.6) is 0 Å². The molecule has 21 heavy (non-hydrogen) atoms. The van der Waals surface area contributed by atoms with Crippen molar-refractivity contribution in [1.29, 1.82) is 0 Å². The minimum absolute atomic E-state index is 0.124. The Labute approximate surface area is 123 Å². The molecule has 1 aromatic carbocycles. The lowest BCUT2D eigenvalue weighted by Gasteiger charge is -2.24. The third kappa shape index (κ3) is 3.15. The van der Waals surface area contributed by atoms with Crippen molar-refractivity contribution in [2.75, 3.05) is 6.54 Å². The number of amides is 1. The molecule has 0 aliphatic carbocycles. The van der Waals surface area contributed by atoms with E-state index in [0.29, 0.717) is 31.5 Å². The first-order valence-corrected chi connectivity index (χ1v) is 6.59. The lowest BCUT2D eigenvalue weighted by atomic mass is 10.1. The molecule has 1 fully saturated rings. The van der Waals surface area contributed by atoms with Gasteiger partial charge in [0.1, 0.15) is 5.82 Å². The van der Waals surface area contributed by atoms with E-state index in [1.165, 1.54) is 4.90 Å². The van der Waals surface area contributed by atoms with Gasteiger partial charge >= 0.3 is 6.18 Å². The molecule has 0 aromatic heterocycles. The Bertz CT molecular complexity index is 588. The van der Waals surface area contributed by atoms with Crippen LogP contribution in [-0.4, -0.2) is 28.4 Å². The van der Waals surface area contributed by atoms with E-state index in [2.05, 4.69) is 0 Å². The molecule has 8 heteroatoms.